The van der Waals surface area contributed by atoms with Crippen molar-refractivity contribution in [2.75, 3.05) is 0 Å². The molecule has 2 atom stereocenters. The molecule has 62 valence electrons. The molecule has 0 spiro atoms. The second-order valence-corrected chi connectivity index (χ2v) is 3.51. The third-order valence-corrected chi connectivity index (χ3v) is 2.30. The first-order valence-electron chi connectivity index (χ1n) is 4.04. The van der Waals surface area contributed by atoms with Gasteiger partial charge in [0.05, 0.1) is 11.7 Å². The van der Waals surface area contributed by atoms with Gasteiger partial charge in [-0.05, 0) is 26.7 Å². The van der Waals surface area contributed by atoms with E-state index in [0.717, 1.165) is 18.4 Å². The molecule has 0 aliphatic carbocycles. The standard InChI is InChI=1S/C10H16O/c1-5-10(4)7-6-9(11-10)8(2)3/h5,9H,1-2,6-7H2,3-4H3/t9?,10-/m1/s1. The lowest BCUT2D eigenvalue weighted by Crippen LogP contribution is -2.21. The Bertz CT molecular complexity index is 183. The highest BCUT2D eigenvalue weighted by molar-refractivity contribution is 5.07. The maximum atomic E-state index is 5.74. The van der Waals surface area contributed by atoms with Crippen molar-refractivity contribution in [3.63, 3.8) is 0 Å². The minimum atomic E-state index is -0.108. The van der Waals surface area contributed by atoms with Gasteiger partial charge in [-0.25, -0.2) is 0 Å². The topological polar surface area (TPSA) is 9.23 Å². The highest BCUT2D eigenvalue weighted by Gasteiger charge is 2.33. The first kappa shape index (κ1) is 8.54. The summed E-state index contributed by atoms with van der Waals surface area (Å²) in [5.74, 6) is 0. The minimum Gasteiger partial charge on any atom is -0.364 e. The van der Waals surface area contributed by atoms with Crippen LogP contribution in [0.3, 0.4) is 0 Å². The molecule has 1 aliphatic heterocycles. The molecule has 11 heavy (non-hydrogen) atoms. The zero-order chi connectivity index (χ0) is 8.48. The van der Waals surface area contributed by atoms with E-state index in [0.29, 0.717) is 0 Å². The van der Waals surface area contributed by atoms with E-state index in [4.69, 9.17) is 4.74 Å². The fourth-order valence-electron chi connectivity index (χ4n) is 1.36. The van der Waals surface area contributed by atoms with Gasteiger partial charge in [-0.1, -0.05) is 18.2 Å². The number of hydrogen-bond acceptors (Lipinski definition) is 1. The van der Waals surface area contributed by atoms with Crippen molar-refractivity contribution in [1.82, 2.24) is 0 Å². The first-order valence-corrected chi connectivity index (χ1v) is 4.04. The van der Waals surface area contributed by atoms with Crippen molar-refractivity contribution in [3.05, 3.63) is 24.8 Å². The molecule has 0 aromatic heterocycles. The van der Waals surface area contributed by atoms with Gasteiger partial charge in [-0.15, -0.1) is 6.58 Å². The predicted molar refractivity (Wildman–Crippen MR) is 47.5 cm³/mol. The first-order chi connectivity index (χ1) is 5.07. The summed E-state index contributed by atoms with van der Waals surface area (Å²) >= 11 is 0. The average Bonchev–Trinajstić information content (AvgIpc) is 2.33. The van der Waals surface area contributed by atoms with Crippen molar-refractivity contribution in [1.29, 1.82) is 0 Å². The van der Waals surface area contributed by atoms with Crippen LogP contribution < -0.4 is 0 Å². The van der Waals surface area contributed by atoms with Crippen molar-refractivity contribution in [3.8, 4) is 0 Å². The van der Waals surface area contributed by atoms with Crippen LogP contribution in [-0.4, -0.2) is 11.7 Å². The molecule has 1 nitrogen and oxygen atoms in total. The number of ether oxygens (including phenoxy) is 1. The molecule has 1 aliphatic rings. The van der Waals surface area contributed by atoms with E-state index >= 15 is 0 Å². The quantitative estimate of drug-likeness (QED) is 0.553. The van der Waals surface area contributed by atoms with Gasteiger partial charge in [0.25, 0.3) is 0 Å². The van der Waals surface area contributed by atoms with E-state index in [2.05, 4.69) is 20.1 Å². The summed E-state index contributed by atoms with van der Waals surface area (Å²) in [7, 11) is 0. The van der Waals surface area contributed by atoms with Crippen molar-refractivity contribution < 1.29 is 4.74 Å². The molecule has 1 rings (SSSR count). The summed E-state index contributed by atoms with van der Waals surface area (Å²) in [4.78, 5) is 0. The van der Waals surface area contributed by atoms with Crippen LogP contribution in [0.4, 0.5) is 0 Å². The van der Waals surface area contributed by atoms with Gasteiger partial charge in [0, 0.05) is 0 Å². The number of rotatable bonds is 2. The lowest BCUT2D eigenvalue weighted by molar-refractivity contribution is 0.0224. The van der Waals surface area contributed by atoms with Crippen molar-refractivity contribution >= 4 is 0 Å². The molecule has 1 heterocycles. The van der Waals surface area contributed by atoms with Crippen molar-refractivity contribution in [2.24, 2.45) is 0 Å². The van der Waals surface area contributed by atoms with Crippen LogP contribution >= 0.6 is 0 Å². The van der Waals surface area contributed by atoms with Crippen LogP contribution in [0.25, 0.3) is 0 Å². The third kappa shape index (κ3) is 1.72. The molecule has 1 saturated heterocycles. The Hall–Kier alpha value is -0.560. The summed E-state index contributed by atoms with van der Waals surface area (Å²) < 4.78 is 5.74. The lowest BCUT2D eigenvalue weighted by Gasteiger charge is -2.20. The second-order valence-electron chi connectivity index (χ2n) is 3.51. The smallest absolute Gasteiger partial charge is 0.0841 e. The van der Waals surface area contributed by atoms with Crippen molar-refractivity contribution in [2.45, 2.75) is 38.4 Å². The summed E-state index contributed by atoms with van der Waals surface area (Å²) in [6, 6.07) is 0. The van der Waals surface area contributed by atoms with Crippen LogP contribution in [0.15, 0.2) is 24.8 Å². The van der Waals surface area contributed by atoms with Crippen LogP contribution in [-0.2, 0) is 4.74 Å². The Morgan fingerprint density at radius 2 is 2.36 bits per heavy atom. The van der Waals surface area contributed by atoms with E-state index in [1.54, 1.807) is 0 Å². The Morgan fingerprint density at radius 1 is 1.73 bits per heavy atom. The Morgan fingerprint density at radius 3 is 2.64 bits per heavy atom. The molecule has 1 unspecified atom stereocenters. The molecule has 0 amide bonds. The minimum absolute atomic E-state index is 0.108. The maximum absolute atomic E-state index is 5.74. The average molecular weight is 152 g/mol. The highest BCUT2D eigenvalue weighted by Crippen LogP contribution is 2.33. The second kappa shape index (κ2) is 2.82. The zero-order valence-electron chi connectivity index (χ0n) is 7.39. The fraction of sp³-hybridized carbons (Fsp3) is 0.600. The van der Waals surface area contributed by atoms with Crippen LogP contribution in [0.5, 0.6) is 0 Å². The van der Waals surface area contributed by atoms with E-state index in [9.17, 15) is 0 Å². The van der Waals surface area contributed by atoms with Crippen LogP contribution in [0, 0.1) is 0 Å². The van der Waals surface area contributed by atoms with E-state index in [-0.39, 0.29) is 11.7 Å². The summed E-state index contributed by atoms with van der Waals surface area (Å²) in [6.45, 7) is 11.7. The molecule has 0 aromatic rings. The molecule has 0 saturated carbocycles. The molecule has 0 aromatic carbocycles. The monoisotopic (exact) mass is 152 g/mol. The molecule has 0 N–H and O–H groups in total. The molecule has 0 bridgehead atoms. The van der Waals surface area contributed by atoms with Crippen LogP contribution in [0.2, 0.25) is 0 Å². The van der Waals surface area contributed by atoms with Gasteiger partial charge >= 0.3 is 0 Å². The van der Waals surface area contributed by atoms with Gasteiger partial charge in [0.2, 0.25) is 0 Å². The molecule has 1 heteroatoms. The summed E-state index contributed by atoms with van der Waals surface area (Å²) in [5.41, 5.74) is 1.01. The molecular weight excluding hydrogens is 136 g/mol. The predicted octanol–water partition coefficient (Wildman–Crippen LogP) is 2.69. The fourth-order valence-corrected chi connectivity index (χ4v) is 1.36. The Labute approximate surface area is 68.8 Å². The summed E-state index contributed by atoms with van der Waals surface area (Å²) in [5, 5.41) is 0. The largest absolute Gasteiger partial charge is 0.364 e. The van der Waals surface area contributed by atoms with Gasteiger partial charge in [-0.2, -0.15) is 0 Å². The molecule has 0 radical (unpaired) electrons. The van der Waals surface area contributed by atoms with E-state index in [1.807, 2.05) is 13.0 Å². The van der Waals surface area contributed by atoms with E-state index < -0.39 is 0 Å². The Balaban J connectivity index is 2.59. The van der Waals surface area contributed by atoms with Gasteiger partial charge in [0.15, 0.2) is 0 Å². The SMILES string of the molecule is C=C[C@]1(C)CCC(C(=C)C)O1. The lowest BCUT2D eigenvalue weighted by atomic mass is 10.0. The van der Waals surface area contributed by atoms with E-state index in [1.165, 1.54) is 0 Å². The highest BCUT2D eigenvalue weighted by atomic mass is 16.5. The third-order valence-electron chi connectivity index (χ3n) is 2.30. The number of hydrogen-bond donors (Lipinski definition) is 0. The molecular formula is C10H16O. The van der Waals surface area contributed by atoms with Gasteiger partial charge < -0.3 is 4.74 Å². The Kier molecular flexibility index (Phi) is 2.19. The normalized spacial score (nSPS) is 37.1. The van der Waals surface area contributed by atoms with Gasteiger partial charge in [-0.3, -0.25) is 0 Å². The van der Waals surface area contributed by atoms with Gasteiger partial charge in [0.1, 0.15) is 0 Å². The maximum Gasteiger partial charge on any atom is 0.0841 e. The zero-order valence-corrected chi connectivity index (χ0v) is 7.39. The van der Waals surface area contributed by atoms with Crippen LogP contribution in [0.1, 0.15) is 26.7 Å². The molecule has 1 fully saturated rings. The summed E-state index contributed by atoms with van der Waals surface area (Å²) in [6.07, 6.45) is 4.28.